The fourth-order valence-corrected chi connectivity index (χ4v) is 5.26. The van der Waals surface area contributed by atoms with E-state index < -0.39 is 12.2 Å². The maximum Gasteiger partial charge on any atom is 0.238 e. The van der Waals surface area contributed by atoms with Gasteiger partial charge in [-0.25, -0.2) is 0 Å². The van der Waals surface area contributed by atoms with E-state index >= 15 is 0 Å². The molecule has 0 aliphatic carbocycles. The average molecular weight is 519 g/mol. The van der Waals surface area contributed by atoms with Crippen LogP contribution in [0, 0.1) is 0 Å². The van der Waals surface area contributed by atoms with Crippen molar-refractivity contribution in [2.24, 2.45) is 5.73 Å². The fraction of sp³-hybridized carbons (Fsp3) is 0.161. The van der Waals surface area contributed by atoms with E-state index in [0.717, 1.165) is 49.4 Å². The number of nitrogens with one attached hydrogen (secondary N) is 5. The van der Waals surface area contributed by atoms with Crippen molar-refractivity contribution < 1.29 is 9.59 Å². The van der Waals surface area contributed by atoms with Crippen LogP contribution in [0.15, 0.2) is 91.4 Å². The van der Waals surface area contributed by atoms with E-state index in [-0.39, 0.29) is 18.2 Å². The van der Waals surface area contributed by atoms with Crippen LogP contribution in [0.2, 0.25) is 0 Å². The van der Waals surface area contributed by atoms with Crippen molar-refractivity contribution >= 4 is 44.5 Å². The van der Waals surface area contributed by atoms with E-state index in [4.69, 9.17) is 5.73 Å². The summed E-state index contributed by atoms with van der Waals surface area (Å²) in [5, 5.41) is 9.13. The number of hydrogen-bond acceptors (Lipinski definition) is 3. The topological polar surface area (TPSA) is 132 Å². The summed E-state index contributed by atoms with van der Waals surface area (Å²) in [4.78, 5) is 36.2. The van der Waals surface area contributed by atoms with Gasteiger partial charge in [-0.3, -0.25) is 9.59 Å². The highest BCUT2D eigenvalue weighted by molar-refractivity contribution is 5.90. The zero-order valence-corrected chi connectivity index (χ0v) is 21.3. The van der Waals surface area contributed by atoms with Gasteiger partial charge in [0.05, 0.1) is 12.5 Å². The van der Waals surface area contributed by atoms with Gasteiger partial charge in [0.1, 0.15) is 6.17 Å². The molecule has 196 valence electrons. The molecule has 3 aromatic heterocycles. The van der Waals surface area contributed by atoms with Crippen LogP contribution >= 0.6 is 0 Å². The van der Waals surface area contributed by atoms with Gasteiger partial charge >= 0.3 is 0 Å². The molecule has 2 amide bonds. The van der Waals surface area contributed by atoms with E-state index in [0.29, 0.717) is 12.8 Å². The smallest absolute Gasteiger partial charge is 0.238 e. The van der Waals surface area contributed by atoms with Gasteiger partial charge in [-0.2, -0.15) is 0 Å². The normalized spacial score (nSPS) is 13.1. The van der Waals surface area contributed by atoms with Crippen molar-refractivity contribution in [3.63, 3.8) is 0 Å². The van der Waals surface area contributed by atoms with Gasteiger partial charge in [0, 0.05) is 57.7 Å². The maximum absolute atomic E-state index is 13.3. The lowest BCUT2D eigenvalue weighted by atomic mass is 10.0. The molecule has 2 atom stereocenters. The Labute approximate surface area is 225 Å². The first-order chi connectivity index (χ1) is 19.0. The molecule has 0 bridgehead atoms. The molecule has 8 nitrogen and oxygen atoms in total. The van der Waals surface area contributed by atoms with Gasteiger partial charge < -0.3 is 31.3 Å². The zero-order valence-electron chi connectivity index (χ0n) is 21.3. The van der Waals surface area contributed by atoms with Crippen molar-refractivity contribution in [3.05, 3.63) is 108 Å². The molecule has 0 spiro atoms. The molecule has 0 aliphatic heterocycles. The molecule has 0 saturated carbocycles. The summed E-state index contributed by atoms with van der Waals surface area (Å²) in [7, 11) is 0. The summed E-state index contributed by atoms with van der Waals surface area (Å²) in [6.45, 7) is 0. The predicted octanol–water partition coefficient (Wildman–Crippen LogP) is 4.04. The SMILES string of the molecule is N[C@H](Cc1c[nH]c2ccccc12)C(=O)N[C@H](Cc1c[nH]c2ccccc12)NC(=O)Cc1c[nH]c2ccccc12. The van der Waals surface area contributed by atoms with Crippen LogP contribution in [0.4, 0.5) is 0 Å². The quantitative estimate of drug-likeness (QED) is 0.161. The van der Waals surface area contributed by atoms with E-state index in [9.17, 15) is 9.59 Å². The Hall–Kier alpha value is -4.82. The molecule has 6 rings (SSSR count). The Morgan fingerprint density at radius 1 is 0.641 bits per heavy atom. The summed E-state index contributed by atoms with van der Waals surface area (Å²) < 4.78 is 0. The average Bonchev–Trinajstić information content (AvgIpc) is 3.66. The van der Waals surface area contributed by atoms with Crippen LogP contribution in [-0.4, -0.2) is 39.0 Å². The minimum Gasteiger partial charge on any atom is -0.361 e. The lowest BCUT2D eigenvalue weighted by Gasteiger charge is -2.22. The first kappa shape index (κ1) is 24.5. The van der Waals surface area contributed by atoms with E-state index in [1.807, 2.05) is 91.4 Å². The van der Waals surface area contributed by atoms with Gasteiger partial charge in [-0.05, 0) is 41.3 Å². The summed E-state index contributed by atoms with van der Waals surface area (Å²) >= 11 is 0. The van der Waals surface area contributed by atoms with E-state index in [1.165, 1.54) is 0 Å². The summed E-state index contributed by atoms with van der Waals surface area (Å²) in [6, 6.07) is 23.0. The number of amides is 2. The number of fused-ring (bicyclic) bond motifs is 3. The molecular formula is C31H30N6O2. The second kappa shape index (κ2) is 10.5. The van der Waals surface area contributed by atoms with Gasteiger partial charge in [-0.1, -0.05) is 54.6 Å². The summed E-state index contributed by atoms with van der Waals surface area (Å²) in [6.07, 6.45) is 6.00. The third-order valence-electron chi connectivity index (χ3n) is 7.23. The lowest BCUT2D eigenvalue weighted by Crippen LogP contribution is -2.54. The molecule has 0 fully saturated rings. The first-order valence-corrected chi connectivity index (χ1v) is 13.1. The molecule has 0 aliphatic rings. The van der Waals surface area contributed by atoms with E-state index in [1.54, 1.807) is 0 Å². The number of benzene rings is 3. The molecule has 6 aromatic rings. The molecule has 0 saturated heterocycles. The minimum atomic E-state index is -0.778. The van der Waals surface area contributed by atoms with Gasteiger partial charge in [0.2, 0.25) is 11.8 Å². The Bertz CT molecular complexity index is 1780. The number of H-pyrrole nitrogens is 3. The molecule has 7 N–H and O–H groups in total. The standard InChI is InChI=1S/C31H30N6O2/c32-25(13-19-16-33-26-10-4-1-7-22(19)26)31(39)37-29(14-20-17-34-27-11-5-2-8-23(20)27)36-30(38)15-21-18-35-28-12-6-3-9-24(21)28/h1-12,16-18,25,29,33-35H,13-15,32H2,(H,36,38)(H,37,39)/t25-,29-/m1/s1. The highest BCUT2D eigenvalue weighted by Gasteiger charge is 2.23. The van der Waals surface area contributed by atoms with Gasteiger partial charge in [0.25, 0.3) is 0 Å². The predicted molar refractivity (Wildman–Crippen MR) is 154 cm³/mol. The number of carbonyl (C=O) groups is 2. The largest absolute Gasteiger partial charge is 0.361 e. The van der Waals surface area contributed by atoms with Crippen molar-refractivity contribution in [1.29, 1.82) is 0 Å². The van der Waals surface area contributed by atoms with Crippen molar-refractivity contribution in [1.82, 2.24) is 25.6 Å². The molecule has 3 heterocycles. The minimum absolute atomic E-state index is 0.185. The molecule has 3 aromatic carbocycles. The summed E-state index contributed by atoms with van der Waals surface area (Å²) in [5.41, 5.74) is 12.2. The van der Waals surface area contributed by atoms with Gasteiger partial charge in [0.15, 0.2) is 0 Å². The first-order valence-electron chi connectivity index (χ1n) is 13.1. The molecule has 0 radical (unpaired) electrons. The highest BCUT2D eigenvalue weighted by Crippen LogP contribution is 2.21. The van der Waals surface area contributed by atoms with E-state index in [2.05, 4.69) is 25.6 Å². The van der Waals surface area contributed by atoms with Crippen LogP contribution in [0.25, 0.3) is 32.7 Å². The number of aromatic nitrogens is 3. The molecular weight excluding hydrogens is 488 g/mol. The van der Waals surface area contributed by atoms with Crippen LogP contribution < -0.4 is 16.4 Å². The molecule has 0 unspecified atom stereocenters. The van der Waals surface area contributed by atoms with Crippen LogP contribution in [0.1, 0.15) is 16.7 Å². The zero-order chi connectivity index (χ0) is 26.8. The Balaban J connectivity index is 1.19. The Morgan fingerprint density at radius 3 is 1.67 bits per heavy atom. The lowest BCUT2D eigenvalue weighted by molar-refractivity contribution is -0.124. The number of para-hydroxylation sites is 3. The number of rotatable bonds is 9. The maximum atomic E-state index is 13.3. The second-order valence-electron chi connectivity index (χ2n) is 9.90. The van der Waals surface area contributed by atoms with Gasteiger partial charge in [-0.15, -0.1) is 0 Å². The fourth-order valence-electron chi connectivity index (χ4n) is 5.26. The third kappa shape index (κ3) is 5.15. The van der Waals surface area contributed by atoms with Crippen LogP contribution in [0.5, 0.6) is 0 Å². The Morgan fingerprint density at radius 2 is 1.10 bits per heavy atom. The van der Waals surface area contributed by atoms with Crippen molar-refractivity contribution in [2.45, 2.75) is 31.5 Å². The number of nitrogens with two attached hydrogens (primary N) is 1. The molecule has 8 heteroatoms. The van der Waals surface area contributed by atoms with Crippen LogP contribution in [-0.2, 0) is 28.9 Å². The number of aromatic amines is 3. The summed E-state index contributed by atoms with van der Waals surface area (Å²) in [5.74, 6) is -0.507. The molecule has 39 heavy (non-hydrogen) atoms. The second-order valence-corrected chi connectivity index (χ2v) is 9.90. The van der Waals surface area contributed by atoms with Crippen molar-refractivity contribution in [3.8, 4) is 0 Å². The number of hydrogen-bond donors (Lipinski definition) is 6. The third-order valence-corrected chi connectivity index (χ3v) is 7.23. The van der Waals surface area contributed by atoms with Crippen molar-refractivity contribution in [2.75, 3.05) is 0 Å². The monoisotopic (exact) mass is 518 g/mol. The number of carbonyl (C=O) groups excluding carboxylic acids is 2. The van der Waals surface area contributed by atoms with Crippen LogP contribution in [0.3, 0.4) is 0 Å². The Kier molecular flexibility index (Phi) is 6.61. The highest BCUT2D eigenvalue weighted by atomic mass is 16.2.